The molecule has 2 N–H and O–H groups in total. The first-order valence-electron chi connectivity index (χ1n) is 7.30. The van der Waals surface area contributed by atoms with Crippen molar-refractivity contribution in [2.24, 2.45) is 0 Å². The summed E-state index contributed by atoms with van der Waals surface area (Å²) in [6, 6.07) is 16.9. The molecule has 0 saturated heterocycles. The minimum atomic E-state index is 0.233. The quantitative estimate of drug-likeness (QED) is 0.797. The first kappa shape index (κ1) is 15.5. The third-order valence-corrected chi connectivity index (χ3v) is 3.77. The summed E-state index contributed by atoms with van der Waals surface area (Å²) in [6.07, 6.45) is 0.985. The molecule has 0 aliphatic heterocycles. The van der Waals surface area contributed by atoms with Crippen LogP contribution in [0.2, 0.25) is 0 Å². The third kappa shape index (κ3) is 4.30. The van der Waals surface area contributed by atoms with Crippen molar-refractivity contribution in [2.45, 2.75) is 33.2 Å². The van der Waals surface area contributed by atoms with Crippen molar-refractivity contribution < 1.29 is 0 Å². The van der Waals surface area contributed by atoms with Crippen LogP contribution >= 0.6 is 12.2 Å². The topological polar surface area (TPSA) is 24.1 Å². The molecule has 2 rings (SSSR count). The monoisotopic (exact) mass is 298 g/mol. The summed E-state index contributed by atoms with van der Waals surface area (Å²) in [5, 5.41) is 7.35. The average Bonchev–Trinajstić information content (AvgIpc) is 2.48. The largest absolute Gasteiger partial charge is 0.356 e. The summed E-state index contributed by atoms with van der Waals surface area (Å²) < 4.78 is 0. The number of aryl methyl sites for hydroxylation is 2. The highest BCUT2D eigenvalue weighted by Crippen LogP contribution is 2.18. The molecular formula is C18H22N2S. The molecule has 2 nitrogen and oxygen atoms in total. The summed E-state index contributed by atoms with van der Waals surface area (Å²) in [4.78, 5) is 0. The van der Waals surface area contributed by atoms with E-state index in [1.54, 1.807) is 0 Å². The molecule has 0 heterocycles. The molecule has 1 atom stereocenters. The number of nitrogens with one attached hydrogen (secondary N) is 2. The van der Waals surface area contributed by atoms with Crippen LogP contribution < -0.4 is 10.6 Å². The van der Waals surface area contributed by atoms with Crippen LogP contribution in [-0.4, -0.2) is 5.11 Å². The van der Waals surface area contributed by atoms with Gasteiger partial charge in [-0.2, -0.15) is 0 Å². The molecule has 21 heavy (non-hydrogen) atoms. The van der Waals surface area contributed by atoms with E-state index in [0.29, 0.717) is 5.11 Å². The van der Waals surface area contributed by atoms with E-state index in [-0.39, 0.29) is 6.04 Å². The van der Waals surface area contributed by atoms with Crippen LogP contribution in [0.3, 0.4) is 0 Å². The van der Waals surface area contributed by atoms with Gasteiger partial charge in [0.05, 0.1) is 6.04 Å². The molecule has 0 amide bonds. The van der Waals surface area contributed by atoms with E-state index >= 15 is 0 Å². The van der Waals surface area contributed by atoms with Gasteiger partial charge in [0.15, 0.2) is 5.11 Å². The van der Waals surface area contributed by atoms with Crippen LogP contribution in [0.25, 0.3) is 0 Å². The Bertz CT molecular complexity index is 608. The lowest BCUT2D eigenvalue weighted by Crippen LogP contribution is -2.32. The van der Waals surface area contributed by atoms with Gasteiger partial charge >= 0.3 is 0 Å². The molecule has 1 unspecified atom stereocenters. The molecule has 2 aromatic rings. The van der Waals surface area contributed by atoms with Crippen molar-refractivity contribution in [1.29, 1.82) is 0 Å². The molecule has 0 spiro atoms. The summed E-state index contributed by atoms with van der Waals surface area (Å²) in [7, 11) is 0. The molecule has 110 valence electrons. The molecule has 0 aromatic heterocycles. The van der Waals surface area contributed by atoms with E-state index in [0.717, 1.165) is 12.1 Å². The number of thiocarbonyl (C=S) groups is 1. The highest BCUT2D eigenvalue weighted by Gasteiger charge is 2.10. The van der Waals surface area contributed by atoms with Gasteiger partial charge in [-0.05, 0) is 49.7 Å². The maximum absolute atomic E-state index is 5.45. The fraction of sp³-hybridized carbons (Fsp3) is 0.278. The Balaban J connectivity index is 2.03. The minimum absolute atomic E-state index is 0.233. The number of rotatable bonds is 4. The van der Waals surface area contributed by atoms with Gasteiger partial charge in [0.25, 0.3) is 0 Å². The van der Waals surface area contributed by atoms with E-state index < -0.39 is 0 Å². The molecule has 0 bridgehead atoms. The molecule has 0 aliphatic rings. The molecule has 0 aliphatic carbocycles. The Labute approximate surface area is 132 Å². The van der Waals surface area contributed by atoms with Gasteiger partial charge in [-0.25, -0.2) is 0 Å². The lowest BCUT2D eigenvalue weighted by Gasteiger charge is -2.20. The normalized spacial score (nSPS) is 11.8. The van der Waals surface area contributed by atoms with Gasteiger partial charge in [-0.3, -0.25) is 0 Å². The van der Waals surface area contributed by atoms with E-state index in [2.05, 4.69) is 73.9 Å². The SMILES string of the molecule is CCC(NC(=S)Nc1ccc(C)cc1C)c1ccccc1. The second kappa shape index (κ2) is 7.23. The van der Waals surface area contributed by atoms with Crippen molar-refractivity contribution >= 4 is 23.0 Å². The van der Waals surface area contributed by atoms with Gasteiger partial charge in [0, 0.05) is 5.69 Å². The number of hydrogen-bond donors (Lipinski definition) is 2. The predicted molar refractivity (Wildman–Crippen MR) is 94.7 cm³/mol. The third-order valence-electron chi connectivity index (χ3n) is 3.55. The number of benzene rings is 2. The number of anilines is 1. The lowest BCUT2D eigenvalue weighted by molar-refractivity contribution is 0.629. The highest BCUT2D eigenvalue weighted by atomic mass is 32.1. The zero-order valence-electron chi connectivity index (χ0n) is 12.8. The van der Waals surface area contributed by atoms with E-state index in [1.807, 2.05) is 6.07 Å². The molecule has 0 fully saturated rings. The van der Waals surface area contributed by atoms with Crippen molar-refractivity contribution in [3.05, 3.63) is 65.2 Å². The van der Waals surface area contributed by atoms with Gasteiger partial charge < -0.3 is 10.6 Å². The van der Waals surface area contributed by atoms with Gasteiger partial charge in [0.1, 0.15) is 0 Å². The zero-order chi connectivity index (χ0) is 15.2. The minimum Gasteiger partial charge on any atom is -0.356 e. The van der Waals surface area contributed by atoms with E-state index in [9.17, 15) is 0 Å². The van der Waals surface area contributed by atoms with Crippen LogP contribution in [0.1, 0.15) is 36.1 Å². The van der Waals surface area contributed by atoms with E-state index in [4.69, 9.17) is 12.2 Å². The van der Waals surface area contributed by atoms with Crippen molar-refractivity contribution in [2.75, 3.05) is 5.32 Å². The Morgan fingerprint density at radius 1 is 1.10 bits per heavy atom. The number of hydrogen-bond acceptors (Lipinski definition) is 1. The van der Waals surface area contributed by atoms with E-state index in [1.165, 1.54) is 16.7 Å². The van der Waals surface area contributed by atoms with Crippen molar-refractivity contribution in [3.63, 3.8) is 0 Å². The second-order valence-electron chi connectivity index (χ2n) is 5.29. The van der Waals surface area contributed by atoms with Crippen molar-refractivity contribution in [1.82, 2.24) is 5.32 Å². The fourth-order valence-electron chi connectivity index (χ4n) is 2.38. The van der Waals surface area contributed by atoms with Crippen LogP contribution in [0, 0.1) is 13.8 Å². The van der Waals surface area contributed by atoms with Crippen LogP contribution in [0.15, 0.2) is 48.5 Å². The predicted octanol–water partition coefficient (Wildman–Crippen LogP) is 4.74. The van der Waals surface area contributed by atoms with Crippen LogP contribution in [-0.2, 0) is 0 Å². The first-order valence-corrected chi connectivity index (χ1v) is 7.70. The maximum Gasteiger partial charge on any atom is 0.171 e. The molecule has 3 heteroatoms. The Hall–Kier alpha value is -1.87. The summed E-state index contributed by atoms with van der Waals surface area (Å²) >= 11 is 5.45. The Kier molecular flexibility index (Phi) is 5.34. The molecule has 2 aromatic carbocycles. The van der Waals surface area contributed by atoms with Gasteiger partial charge in [-0.1, -0.05) is 55.0 Å². The molecular weight excluding hydrogens is 276 g/mol. The molecule has 0 saturated carbocycles. The Morgan fingerprint density at radius 2 is 1.81 bits per heavy atom. The summed E-state index contributed by atoms with van der Waals surface area (Å²) in [6.45, 7) is 6.34. The smallest absolute Gasteiger partial charge is 0.171 e. The second-order valence-corrected chi connectivity index (χ2v) is 5.70. The van der Waals surface area contributed by atoms with Crippen LogP contribution in [0.5, 0.6) is 0 Å². The van der Waals surface area contributed by atoms with Crippen molar-refractivity contribution in [3.8, 4) is 0 Å². The zero-order valence-corrected chi connectivity index (χ0v) is 13.6. The Morgan fingerprint density at radius 3 is 2.43 bits per heavy atom. The highest BCUT2D eigenvalue weighted by molar-refractivity contribution is 7.80. The lowest BCUT2D eigenvalue weighted by atomic mass is 10.1. The standard InChI is InChI=1S/C18H22N2S/c1-4-16(15-8-6-5-7-9-15)19-18(21)20-17-11-10-13(2)12-14(17)3/h5-12,16H,4H2,1-3H3,(H2,19,20,21). The average molecular weight is 298 g/mol. The van der Waals surface area contributed by atoms with Gasteiger partial charge in [-0.15, -0.1) is 0 Å². The molecule has 0 radical (unpaired) electrons. The first-order chi connectivity index (χ1) is 10.1. The summed E-state index contributed by atoms with van der Waals surface area (Å²) in [5.74, 6) is 0. The maximum atomic E-state index is 5.45. The van der Waals surface area contributed by atoms with Gasteiger partial charge in [0.2, 0.25) is 0 Å². The van der Waals surface area contributed by atoms with Crippen LogP contribution in [0.4, 0.5) is 5.69 Å². The summed E-state index contributed by atoms with van der Waals surface area (Å²) in [5.41, 5.74) is 4.77. The fourth-order valence-corrected chi connectivity index (χ4v) is 2.63.